The van der Waals surface area contributed by atoms with Gasteiger partial charge in [-0.3, -0.25) is 0 Å². The molecule has 0 aromatic carbocycles. The average molecular weight is 209 g/mol. The highest BCUT2D eigenvalue weighted by Gasteiger charge is 2.28. The maximum Gasteiger partial charge on any atom is 0.390 e. The first-order valence-corrected chi connectivity index (χ1v) is 4.12. The molecule has 0 saturated carbocycles. The number of nitriles is 1. The number of hydrogen-bond acceptors (Lipinski definition) is 3. The van der Waals surface area contributed by atoms with Crippen LogP contribution < -0.4 is 5.73 Å². The molecule has 1 atom stereocenters. The van der Waals surface area contributed by atoms with Gasteiger partial charge in [-0.15, -0.1) is 0 Å². The molecule has 0 aromatic heterocycles. The Morgan fingerprint density at radius 3 is 2.29 bits per heavy atom. The molecule has 82 valence electrons. The normalized spacial score (nSPS) is 16.4. The monoisotopic (exact) mass is 209 g/mol. The van der Waals surface area contributed by atoms with E-state index in [4.69, 9.17) is 11.0 Å². The largest absolute Gasteiger partial charge is 0.390 e. The lowest BCUT2D eigenvalue weighted by atomic mass is 10.1. The summed E-state index contributed by atoms with van der Waals surface area (Å²) in [5.74, 6) is 0. The zero-order valence-electron chi connectivity index (χ0n) is 8.23. The molecule has 0 aromatic rings. The van der Waals surface area contributed by atoms with Crippen LogP contribution in [0.1, 0.15) is 13.3 Å². The molecule has 0 fully saturated rings. The summed E-state index contributed by atoms with van der Waals surface area (Å²) in [6.45, 7) is 1.47. The van der Waals surface area contributed by atoms with Gasteiger partial charge in [0, 0.05) is 13.1 Å². The Balaban J connectivity index is 3.90. The van der Waals surface area contributed by atoms with E-state index in [9.17, 15) is 13.2 Å². The fourth-order valence-corrected chi connectivity index (χ4v) is 0.993. The van der Waals surface area contributed by atoms with Gasteiger partial charge in [0.2, 0.25) is 0 Å². The van der Waals surface area contributed by atoms with E-state index < -0.39 is 18.1 Å². The van der Waals surface area contributed by atoms with E-state index in [2.05, 4.69) is 0 Å². The minimum Gasteiger partial charge on any atom is -0.313 e. The Kier molecular flexibility index (Phi) is 4.36. The second-order valence-corrected chi connectivity index (χ2v) is 3.63. The lowest BCUT2D eigenvalue weighted by Gasteiger charge is -2.24. The Hall–Kier alpha value is -0.800. The van der Waals surface area contributed by atoms with Crippen molar-refractivity contribution in [2.45, 2.75) is 25.1 Å². The SMILES string of the molecule is CN(CCC(F)(F)F)CC(C)(N)C#N. The molecule has 0 aliphatic heterocycles. The van der Waals surface area contributed by atoms with Gasteiger partial charge in [0.15, 0.2) is 0 Å². The minimum atomic E-state index is -4.16. The highest BCUT2D eigenvalue weighted by molar-refractivity contribution is 5.02. The lowest BCUT2D eigenvalue weighted by molar-refractivity contribution is -0.137. The molecule has 0 aliphatic carbocycles. The van der Waals surface area contributed by atoms with Gasteiger partial charge >= 0.3 is 6.18 Å². The van der Waals surface area contributed by atoms with Crippen molar-refractivity contribution >= 4 is 0 Å². The van der Waals surface area contributed by atoms with Gasteiger partial charge in [-0.2, -0.15) is 18.4 Å². The molecule has 0 amide bonds. The fourth-order valence-electron chi connectivity index (χ4n) is 0.993. The summed E-state index contributed by atoms with van der Waals surface area (Å²) < 4.78 is 35.4. The highest BCUT2D eigenvalue weighted by atomic mass is 19.4. The summed E-state index contributed by atoms with van der Waals surface area (Å²) in [4.78, 5) is 1.40. The summed E-state index contributed by atoms with van der Waals surface area (Å²) in [6, 6.07) is 1.82. The predicted molar refractivity (Wildman–Crippen MR) is 46.4 cm³/mol. The van der Waals surface area contributed by atoms with Crippen molar-refractivity contribution in [3.05, 3.63) is 0 Å². The van der Waals surface area contributed by atoms with Crippen LogP contribution in [0, 0.1) is 11.3 Å². The summed E-state index contributed by atoms with van der Waals surface area (Å²) >= 11 is 0. The molecule has 0 saturated heterocycles. The molecule has 6 heteroatoms. The maximum atomic E-state index is 11.8. The molecule has 0 radical (unpaired) electrons. The van der Waals surface area contributed by atoms with Crippen molar-refractivity contribution in [3.8, 4) is 6.07 Å². The van der Waals surface area contributed by atoms with Crippen LogP contribution in [-0.4, -0.2) is 36.8 Å². The summed E-state index contributed by atoms with van der Waals surface area (Å²) in [5, 5.41) is 8.55. The third-order valence-electron chi connectivity index (χ3n) is 1.63. The van der Waals surface area contributed by atoms with Crippen molar-refractivity contribution in [2.75, 3.05) is 20.1 Å². The summed E-state index contributed by atoms with van der Waals surface area (Å²) in [5.41, 5.74) is 4.38. The van der Waals surface area contributed by atoms with Gasteiger partial charge in [0.05, 0.1) is 12.5 Å². The Morgan fingerprint density at radius 2 is 1.93 bits per heavy atom. The third-order valence-corrected chi connectivity index (χ3v) is 1.63. The van der Waals surface area contributed by atoms with Crippen LogP contribution in [0.4, 0.5) is 13.2 Å². The molecule has 0 heterocycles. The van der Waals surface area contributed by atoms with E-state index in [0.29, 0.717) is 0 Å². The van der Waals surface area contributed by atoms with Crippen LogP contribution >= 0.6 is 0 Å². The van der Waals surface area contributed by atoms with Gasteiger partial charge in [-0.25, -0.2) is 0 Å². The molecule has 1 unspecified atom stereocenters. The summed E-state index contributed by atoms with van der Waals surface area (Å²) in [6.07, 6.45) is -5.04. The molecule has 2 N–H and O–H groups in total. The van der Waals surface area contributed by atoms with E-state index >= 15 is 0 Å². The second kappa shape index (κ2) is 4.62. The van der Waals surface area contributed by atoms with Crippen LogP contribution in [0.15, 0.2) is 0 Å². The van der Waals surface area contributed by atoms with Crippen LogP contribution in [-0.2, 0) is 0 Å². The first-order valence-electron chi connectivity index (χ1n) is 4.12. The second-order valence-electron chi connectivity index (χ2n) is 3.63. The zero-order valence-corrected chi connectivity index (χ0v) is 8.23. The standard InChI is InChI=1S/C8H14F3N3/c1-7(13,5-12)6-14(2)4-3-8(9,10)11/h3-4,6,13H2,1-2H3. The van der Waals surface area contributed by atoms with Crippen LogP contribution in [0.3, 0.4) is 0 Å². The lowest BCUT2D eigenvalue weighted by Crippen LogP contribution is -2.46. The molecule has 0 rings (SSSR count). The molecule has 0 aliphatic rings. The van der Waals surface area contributed by atoms with Crippen molar-refractivity contribution in [3.63, 3.8) is 0 Å². The number of alkyl halides is 3. The van der Waals surface area contributed by atoms with E-state index in [1.165, 1.54) is 18.9 Å². The van der Waals surface area contributed by atoms with Crippen molar-refractivity contribution in [1.82, 2.24) is 4.90 Å². The zero-order chi connectivity index (χ0) is 11.4. The van der Waals surface area contributed by atoms with Crippen molar-refractivity contribution in [2.24, 2.45) is 5.73 Å². The number of halogens is 3. The smallest absolute Gasteiger partial charge is 0.313 e. The highest BCUT2D eigenvalue weighted by Crippen LogP contribution is 2.19. The molecular formula is C8H14F3N3. The van der Waals surface area contributed by atoms with Gasteiger partial charge < -0.3 is 10.6 Å². The molecular weight excluding hydrogens is 195 g/mol. The van der Waals surface area contributed by atoms with Gasteiger partial charge in [-0.05, 0) is 14.0 Å². The summed E-state index contributed by atoms with van der Waals surface area (Å²) in [7, 11) is 1.51. The number of likely N-dealkylation sites (N-methyl/N-ethyl adjacent to an activating group) is 1. The van der Waals surface area contributed by atoms with E-state index in [1.54, 1.807) is 0 Å². The number of hydrogen-bond donors (Lipinski definition) is 1. The Labute approximate surface area is 81.3 Å². The Morgan fingerprint density at radius 1 is 1.43 bits per heavy atom. The molecule has 0 bridgehead atoms. The Bertz CT molecular complexity index is 217. The molecule has 3 nitrogen and oxygen atoms in total. The first kappa shape index (κ1) is 13.2. The number of nitrogens with zero attached hydrogens (tertiary/aromatic N) is 2. The van der Waals surface area contributed by atoms with Gasteiger partial charge in [-0.1, -0.05) is 0 Å². The van der Waals surface area contributed by atoms with Gasteiger partial charge in [0.1, 0.15) is 5.54 Å². The minimum absolute atomic E-state index is 0.125. The first-order chi connectivity index (χ1) is 6.16. The predicted octanol–water partition coefficient (Wildman–Crippen LogP) is 1.11. The van der Waals surface area contributed by atoms with Crippen molar-refractivity contribution in [1.29, 1.82) is 5.26 Å². The van der Waals surface area contributed by atoms with Crippen LogP contribution in [0.2, 0.25) is 0 Å². The maximum absolute atomic E-state index is 11.8. The number of rotatable bonds is 4. The molecule has 0 spiro atoms. The fraction of sp³-hybridized carbons (Fsp3) is 0.875. The average Bonchev–Trinajstić information content (AvgIpc) is 1.99. The van der Waals surface area contributed by atoms with Crippen molar-refractivity contribution < 1.29 is 13.2 Å². The van der Waals surface area contributed by atoms with Crippen LogP contribution in [0.25, 0.3) is 0 Å². The van der Waals surface area contributed by atoms with Crippen LogP contribution in [0.5, 0.6) is 0 Å². The van der Waals surface area contributed by atoms with E-state index in [0.717, 1.165) is 0 Å². The van der Waals surface area contributed by atoms with E-state index in [1.807, 2.05) is 6.07 Å². The number of nitrogens with two attached hydrogens (primary N) is 1. The topological polar surface area (TPSA) is 53.0 Å². The third kappa shape index (κ3) is 6.69. The van der Waals surface area contributed by atoms with E-state index in [-0.39, 0.29) is 13.1 Å². The molecule has 14 heavy (non-hydrogen) atoms. The van der Waals surface area contributed by atoms with Gasteiger partial charge in [0.25, 0.3) is 0 Å². The quantitative estimate of drug-likeness (QED) is 0.754.